The molecule has 128 valence electrons. The Labute approximate surface area is 146 Å². The molecule has 1 atom stereocenters. The first-order chi connectivity index (χ1) is 11.9. The van der Waals surface area contributed by atoms with Crippen LogP contribution in [0.2, 0.25) is 0 Å². The van der Waals surface area contributed by atoms with E-state index in [1.165, 1.54) is 14.0 Å². The summed E-state index contributed by atoms with van der Waals surface area (Å²) in [5, 5.41) is 11.6. The van der Waals surface area contributed by atoms with Crippen molar-refractivity contribution in [3.05, 3.63) is 53.6 Å². The Balaban J connectivity index is 2.10. The van der Waals surface area contributed by atoms with Gasteiger partial charge in [-0.05, 0) is 50.2 Å². The number of carbonyl (C=O) groups is 2. The van der Waals surface area contributed by atoms with Gasteiger partial charge in [0, 0.05) is 11.3 Å². The molecular formula is C19H18N2O4. The number of nitriles is 1. The molecule has 0 aliphatic rings. The van der Waals surface area contributed by atoms with Crippen molar-refractivity contribution in [3.63, 3.8) is 0 Å². The summed E-state index contributed by atoms with van der Waals surface area (Å²) in [7, 11) is 1.46. The number of Topliss-reactive ketones (excluding diaryl/α,β-unsaturated/α-hetero) is 1. The second-order valence-electron chi connectivity index (χ2n) is 5.36. The number of benzene rings is 2. The van der Waals surface area contributed by atoms with E-state index in [1.54, 1.807) is 49.4 Å². The van der Waals surface area contributed by atoms with Crippen LogP contribution in [0.25, 0.3) is 0 Å². The van der Waals surface area contributed by atoms with Crippen molar-refractivity contribution in [2.75, 3.05) is 12.4 Å². The molecule has 0 unspecified atom stereocenters. The normalized spacial score (nSPS) is 11.1. The van der Waals surface area contributed by atoms with Crippen molar-refractivity contribution in [2.45, 2.75) is 20.0 Å². The Morgan fingerprint density at radius 3 is 2.56 bits per heavy atom. The molecule has 0 saturated carbocycles. The van der Waals surface area contributed by atoms with Crippen LogP contribution in [0.1, 0.15) is 29.8 Å². The van der Waals surface area contributed by atoms with Gasteiger partial charge in [-0.15, -0.1) is 0 Å². The van der Waals surface area contributed by atoms with Gasteiger partial charge in [0.05, 0.1) is 18.7 Å². The third-order valence-corrected chi connectivity index (χ3v) is 3.50. The van der Waals surface area contributed by atoms with Gasteiger partial charge in [-0.25, -0.2) is 0 Å². The molecule has 1 N–H and O–H groups in total. The van der Waals surface area contributed by atoms with Gasteiger partial charge in [0.15, 0.2) is 23.4 Å². The van der Waals surface area contributed by atoms with E-state index in [1.807, 2.05) is 6.07 Å². The van der Waals surface area contributed by atoms with Gasteiger partial charge >= 0.3 is 0 Å². The number of rotatable bonds is 6. The van der Waals surface area contributed by atoms with E-state index in [-0.39, 0.29) is 11.7 Å². The maximum atomic E-state index is 12.3. The predicted octanol–water partition coefficient (Wildman–Crippen LogP) is 3.18. The predicted molar refractivity (Wildman–Crippen MR) is 92.9 cm³/mol. The number of nitrogens with zero attached hydrogens (tertiary/aromatic N) is 1. The van der Waals surface area contributed by atoms with Gasteiger partial charge in [-0.1, -0.05) is 6.07 Å². The lowest BCUT2D eigenvalue weighted by Crippen LogP contribution is -2.30. The highest BCUT2D eigenvalue weighted by molar-refractivity contribution is 5.95. The minimum absolute atomic E-state index is 0.0898. The van der Waals surface area contributed by atoms with Crippen LogP contribution in [0.5, 0.6) is 11.5 Å². The van der Waals surface area contributed by atoms with Crippen LogP contribution in [0.3, 0.4) is 0 Å². The molecule has 6 nitrogen and oxygen atoms in total. The zero-order valence-corrected chi connectivity index (χ0v) is 14.2. The van der Waals surface area contributed by atoms with Crippen molar-refractivity contribution < 1.29 is 19.1 Å². The van der Waals surface area contributed by atoms with Crippen molar-refractivity contribution in [1.82, 2.24) is 0 Å². The zero-order chi connectivity index (χ0) is 18.4. The number of ether oxygens (including phenoxy) is 2. The van der Waals surface area contributed by atoms with E-state index < -0.39 is 6.10 Å². The maximum Gasteiger partial charge on any atom is 0.265 e. The largest absolute Gasteiger partial charge is 0.493 e. The van der Waals surface area contributed by atoms with E-state index in [4.69, 9.17) is 14.7 Å². The number of nitrogens with one attached hydrogen (secondary N) is 1. The smallest absolute Gasteiger partial charge is 0.265 e. The Hall–Kier alpha value is -3.33. The molecule has 0 heterocycles. The molecule has 0 spiro atoms. The molecule has 0 aliphatic carbocycles. The minimum Gasteiger partial charge on any atom is -0.493 e. The Morgan fingerprint density at radius 1 is 1.16 bits per heavy atom. The zero-order valence-electron chi connectivity index (χ0n) is 14.2. The van der Waals surface area contributed by atoms with Crippen LogP contribution in [0.15, 0.2) is 42.5 Å². The molecule has 0 fully saturated rings. The third-order valence-electron chi connectivity index (χ3n) is 3.50. The number of hydrogen-bond donors (Lipinski definition) is 1. The molecule has 25 heavy (non-hydrogen) atoms. The molecule has 0 aromatic heterocycles. The molecule has 0 aliphatic heterocycles. The van der Waals surface area contributed by atoms with Crippen LogP contribution >= 0.6 is 0 Å². The highest BCUT2D eigenvalue weighted by atomic mass is 16.5. The molecule has 2 aromatic carbocycles. The Kier molecular flexibility index (Phi) is 5.75. The van der Waals surface area contributed by atoms with E-state index in [9.17, 15) is 9.59 Å². The summed E-state index contributed by atoms with van der Waals surface area (Å²) in [6, 6.07) is 13.4. The highest BCUT2D eigenvalue weighted by Crippen LogP contribution is 2.29. The van der Waals surface area contributed by atoms with Crippen LogP contribution < -0.4 is 14.8 Å². The lowest BCUT2D eigenvalue weighted by atomic mass is 10.1. The maximum absolute atomic E-state index is 12.3. The average molecular weight is 338 g/mol. The van der Waals surface area contributed by atoms with Gasteiger partial charge in [-0.3, -0.25) is 9.59 Å². The fraction of sp³-hybridized carbons (Fsp3) is 0.211. The van der Waals surface area contributed by atoms with Crippen molar-refractivity contribution in [2.24, 2.45) is 0 Å². The standard InChI is InChI=1S/C19H18N2O4/c1-12(22)15-7-8-17(18(10-15)24-3)25-13(2)19(23)21-16-6-4-5-14(9-16)11-20/h4-10,13H,1-3H3,(H,21,23)/t13-/m0/s1. The first kappa shape index (κ1) is 18.0. The molecule has 0 radical (unpaired) electrons. The van der Waals surface area contributed by atoms with Crippen molar-refractivity contribution >= 4 is 17.4 Å². The van der Waals surface area contributed by atoms with E-state index in [0.29, 0.717) is 28.3 Å². The third kappa shape index (κ3) is 4.58. The summed E-state index contributed by atoms with van der Waals surface area (Å²) >= 11 is 0. The summed E-state index contributed by atoms with van der Waals surface area (Å²) < 4.78 is 10.9. The van der Waals surface area contributed by atoms with Crippen molar-refractivity contribution in [1.29, 1.82) is 5.26 Å². The number of anilines is 1. The summed E-state index contributed by atoms with van der Waals surface area (Å²) in [4.78, 5) is 23.7. The molecule has 1 amide bonds. The van der Waals surface area contributed by atoms with E-state index >= 15 is 0 Å². The van der Waals surface area contributed by atoms with Gasteiger partial charge in [-0.2, -0.15) is 5.26 Å². The van der Waals surface area contributed by atoms with Gasteiger partial charge in [0.1, 0.15) is 0 Å². The summed E-state index contributed by atoms with van der Waals surface area (Å²) in [6.07, 6.45) is -0.803. The molecule has 0 saturated heterocycles. The van der Waals surface area contributed by atoms with Crippen LogP contribution in [0.4, 0.5) is 5.69 Å². The number of amides is 1. The monoisotopic (exact) mass is 338 g/mol. The summed E-state index contributed by atoms with van der Waals surface area (Å²) in [6.45, 7) is 3.06. The first-order valence-corrected chi connectivity index (χ1v) is 7.61. The second kappa shape index (κ2) is 7.97. The van der Waals surface area contributed by atoms with Gasteiger partial charge in [0.25, 0.3) is 5.91 Å². The van der Waals surface area contributed by atoms with Gasteiger partial charge < -0.3 is 14.8 Å². The molecule has 0 bridgehead atoms. The molecular weight excluding hydrogens is 320 g/mol. The SMILES string of the molecule is COc1cc(C(C)=O)ccc1O[C@@H](C)C(=O)Nc1cccc(C#N)c1. The topological polar surface area (TPSA) is 88.4 Å². The molecule has 2 rings (SSSR count). The molecule has 6 heteroatoms. The summed E-state index contributed by atoms with van der Waals surface area (Å²) in [5.41, 5.74) is 1.46. The van der Waals surface area contributed by atoms with E-state index in [2.05, 4.69) is 5.32 Å². The van der Waals surface area contributed by atoms with Crippen LogP contribution in [-0.2, 0) is 4.79 Å². The number of carbonyl (C=O) groups excluding carboxylic acids is 2. The van der Waals surface area contributed by atoms with Crippen LogP contribution in [-0.4, -0.2) is 24.9 Å². The molecule has 2 aromatic rings. The number of ketones is 1. The quantitative estimate of drug-likeness (QED) is 0.817. The van der Waals surface area contributed by atoms with E-state index in [0.717, 1.165) is 0 Å². The first-order valence-electron chi connectivity index (χ1n) is 7.61. The Bertz CT molecular complexity index is 840. The highest BCUT2D eigenvalue weighted by Gasteiger charge is 2.18. The second-order valence-corrected chi connectivity index (χ2v) is 5.36. The van der Waals surface area contributed by atoms with Crippen LogP contribution in [0, 0.1) is 11.3 Å². The minimum atomic E-state index is -0.803. The fourth-order valence-electron chi connectivity index (χ4n) is 2.14. The number of methoxy groups -OCH3 is 1. The Morgan fingerprint density at radius 2 is 1.92 bits per heavy atom. The van der Waals surface area contributed by atoms with Gasteiger partial charge in [0.2, 0.25) is 0 Å². The van der Waals surface area contributed by atoms with Crippen molar-refractivity contribution in [3.8, 4) is 17.6 Å². The lowest BCUT2D eigenvalue weighted by molar-refractivity contribution is -0.122. The lowest BCUT2D eigenvalue weighted by Gasteiger charge is -2.17. The number of hydrogen-bond acceptors (Lipinski definition) is 5. The fourth-order valence-corrected chi connectivity index (χ4v) is 2.14. The summed E-state index contributed by atoms with van der Waals surface area (Å²) in [5.74, 6) is 0.278. The average Bonchev–Trinajstić information content (AvgIpc) is 2.61.